The Labute approximate surface area is 296 Å². The first-order chi connectivity index (χ1) is 23.2. The maximum absolute atomic E-state index is 15.9. The van der Waals surface area contributed by atoms with Crippen LogP contribution in [-0.4, -0.2) is 70.0 Å². The zero-order valence-electron chi connectivity index (χ0n) is 27.8. The number of methoxy groups -OCH3 is 1. The first-order valence-corrected chi connectivity index (χ1v) is 18.2. The van der Waals surface area contributed by atoms with Crippen molar-refractivity contribution in [3.63, 3.8) is 0 Å². The molecular weight excluding hydrogens is 694 g/mol. The number of rotatable bonds is 7. The number of morpholine rings is 1. The number of nitrogens with zero attached hydrogens (tertiary/aromatic N) is 1. The van der Waals surface area contributed by atoms with Crippen molar-refractivity contribution >= 4 is 56.4 Å². The van der Waals surface area contributed by atoms with Crippen molar-refractivity contribution < 1.29 is 31.9 Å². The van der Waals surface area contributed by atoms with Crippen LogP contribution in [0.15, 0.2) is 59.5 Å². The number of hydrogen-bond donors (Lipinski definition) is 3. The summed E-state index contributed by atoms with van der Waals surface area (Å²) in [5, 5.41) is 9.60. The lowest BCUT2D eigenvalue weighted by Gasteiger charge is -2.35. The van der Waals surface area contributed by atoms with Crippen molar-refractivity contribution in [2.75, 3.05) is 44.0 Å². The summed E-state index contributed by atoms with van der Waals surface area (Å²) in [5.41, 5.74) is 1.30. The van der Waals surface area contributed by atoms with Gasteiger partial charge in [-0.15, -0.1) is 0 Å². The topological polar surface area (TPSA) is 126 Å². The number of ether oxygens (including phenoxy) is 2. The smallest absolute Gasteiger partial charge is 0.243 e. The van der Waals surface area contributed by atoms with E-state index in [1.807, 2.05) is 20.8 Å². The molecule has 2 aliphatic rings. The minimum Gasteiger partial charge on any atom is -0.495 e. The van der Waals surface area contributed by atoms with Crippen LogP contribution in [0.2, 0.25) is 10.0 Å². The van der Waals surface area contributed by atoms with Gasteiger partial charge in [0.1, 0.15) is 11.6 Å². The summed E-state index contributed by atoms with van der Waals surface area (Å²) in [4.78, 5) is 27.9. The van der Waals surface area contributed by atoms with Gasteiger partial charge in [-0.05, 0) is 59.7 Å². The van der Waals surface area contributed by atoms with E-state index in [1.54, 1.807) is 30.3 Å². The number of hydrogen-bond acceptors (Lipinski definition) is 7. The molecule has 1 saturated heterocycles. The molecule has 3 N–H and O–H groups in total. The standard InChI is InChI=1S/C35H41Cl2FN4O6S/c1-35(2,3)20-23-18-31(43)40-29-17-22(36)9-8-21(29)16-26(25-6-5-7-27(37)32(25)38)33(39-23)34(44)41-28-11-10-24(19-30(28)47-4)49(45,46)42-12-14-48-15-13-42/h5-11,17,19,23,26,33,39H,12-16,18,20H2,1-4H3,(H,40,43)(H,41,44). The molecule has 10 nitrogen and oxygen atoms in total. The Kier molecular flexibility index (Phi) is 11.6. The number of amides is 2. The van der Waals surface area contributed by atoms with Crippen LogP contribution >= 0.6 is 23.2 Å². The van der Waals surface area contributed by atoms with Crippen molar-refractivity contribution in [2.45, 2.75) is 62.9 Å². The highest BCUT2D eigenvalue weighted by Gasteiger charge is 2.37. The number of fused-ring (bicyclic) bond motifs is 1. The molecule has 0 aromatic heterocycles. The first-order valence-electron chi connectivity index (χ1n) is 16.0. The van der Waals surface area contributed by atoms with Crippen LogP contribution in [-0.2, 0) is 30.8 Å². The minimum atomic E-state index is -3.84. The van der Waals surface area contributed by atoms with Crippen LogP contribution in [0.25, 0.3) is 0 Å². The van der Waals surface area contributed by atoms with Gasteiger partial charge < -0.3 is 25.4 Å². The van der Waals surface area contributed by atoms with E-state index < -0.39 is 39.7 Å². The Morgan fingerprint density at radius 2 is 1.82 bits per heavy atom. The molecule has 0 radical (unpaired) electrons. The van der Waals surface area contributed by atoms with Crippen molar-refractivity contribution in [1.29, 1.82) is 0 Å². The van der Waals surface area contributed by atoms with Gasteiger partial charge in [-0.2, -0.15) is 4.31 Å². The molecule has 3 aromatic rings. The molecule has 49 heavy (non-hydrogen) atoms. The molecule has 0 saturated carbocycles. The molecule has 3 atom stereocenters. The van der Waals surface area contributed by atoms with Crippen molar-refractivity contribution in [3.8, 4) is 5.75 Å². The Morgan fingerprint density at radius 1 is 1.08 bits per heavy atom. The van der Waals surface area contributed by atoms with Gasteiger partial charge in [-0.3, -0.25) is 9.59 Å². The maximum atomic E-state index is 15.9. The van der Waals surface area contributed by atoms with Gasteiger partial charge >= 0.3 is 0 Å². The molecular formula is C35H41Cl2FN4O6S. The number of anilines is 2. The Balaban J connectivity index is 1.59. The summed E-state index contributed by atoms with van der Waals surface area (Å²) in [6.45, 7) is 7.12. The van der Waals surface area contributed by atoms with E-state index in [9.17, 15) is 18.0 Å². The van der Waals surface area contributed by atoms with E-state index in [4.69, 9.17) is 32.7 Å². The molecule has 0 bridgehead atoms. The zero-order valence-corrected chi connectivity index (χ0v) is 30.1. The highest BCUT2D eigenvalue weighted by atomic mass is 35.5. The van der Waals surface area contributed by atoms with Crippen LogP contribution in [0, 0.1) is 11.2 Å². The molecule has 264 valence electrons. The molecule has 14 heteroatoms. The number of carbonyl (C=O) groups excluding carboxylic acids is 2. The summed E-state index contributed by atoms with van der Waals surface area (Å²) < 4.78 is 54.8. The number of benzene rings is 3. The molecule has 1 fully saturated rings. The Morgan fingerprint density at radius 3 is 2.51 bits per heavy atom. The van der Waals surface area contributed by atoms with E-state index in [-0.39, 0.29) is 64.2 Å². The third kappa shape index (κ3) is 8.92. The molecule has 0 spiro atoms. The molecule has 3 aromatic carbocycles. The molecule has 2 aliphatic heterocycles. The highest BCUT2D eigenvalue weighted by Crippen LogP contribution is 2.37. The summed E-state index contributed by atoms with van der Waals surface area (Å²) in [6.07, 6.45) is 0.662. The fraction of sp³-hybridized carbons (Fsp3) is 0.429. The first kappa shape index (κ1) is 37.0. The van der Waals surface area contributed by atoms with Crippen LogP contribution < -0.4 is 20.7 Å². The molecule has 0 aliphatic carbocycles. The van der Waals surface area contributed by atoms with Gasteiger partial charge in [0, 0.05) is 48.2 Å². The maximum Gasteiger partial charge on any atom is 0.243 e. The third-order valence-electron chi connectivity index (χ3n) is 8.60. The van der Waals surface area contributed by atoms with Crippen LogP contribution in [0.4, 0.5) is 15.8 Å². The average molecular weight is 736 g/mol. The van der Waals surface area contributed by atoms with Gasteiger partial charge in [0.05, 0.1) is 42.0 Å². The number of halogens is 3. The van der Waals surface area contributed by atoms with Crippen molar-refractivity contribution in [3.05, 3.63) is 81.6 Å². The summed E-state index contributed by atoms with van der Waals surface area (Å²) >= 11 is 12.6. The lowest BCUT2D eigenvalue weighted by Crippen LogP contribution is -2.52. The Bertz CT molecular complexity index is 1810. The van der Waals surface area contributed by atoms with Gasteiger partial charge in [-0.25, -0.2) is 12.8 Å². The lowest BCUT2D eigenvalue weighted by atomic mass is 9.81. The van der Waals surface area contributed by atoms with E-state index >= 15 is 4.39 Å². The number of nitrogens with one attached hydrogen (secondary N) is 3. The highest BCUT2D eigenvalue weighted by molar-refractivity contribution is 7.89. The molecule has 3 unspecified atom stereocenters. The molecule has 5 rings (SSSR count). The van der Waals surface area contributed by atoms with E-state index in [0.717, 1.165) is 0 Å². The predicted octanol–water partition coefficient (Wildman–Crippen LogP) is 6.23. The predicted molar refractivity (Wildman–Crippen MR) is 189 cm³/mol. The second kappa shape index (κ2) is 15.3. The van der Waals surface area contributed by atoms with E-state index in [2.05, 4.69) is 16.0 Å². The minimum absolute atomic E-state index is 0.00598. The average Bonchev–Trinajstić information content (AvgIpc) is 3.04. The normalized spacial score (nSPS) is 21.0. The summed E-state index contributed by atoms with van der Waals surface area (Å²) in [6, 6.07) is 12.4. The van der Waals surface area contributed by atoms with Crippen LogP contribution in [0.5, 0.6) is 5.75 Å². The second-order valence-corrected chi connectivity index (χ2v) is 16.3. The third-order valence-corrected chi connectivity index (χ3v) is 11.0. The number of sulfonamides is 1. The van der Waals surface area contributed by atoms with Crippen molar-refractivity contribution in [2.24, 2.45) is 5.41 Å². The summed E-state index contributed by atoms with van der Waals surface area (Å²) in [7, 11) is -2.47. The van der Waals surface area contributed by atoms with Crippen molar-refractivity contribution in [1.82, 2.24) is 9.62 Å². The largest absolute Gasteiger partial charge is 0.495 e. The van der Waals surface area contributed by atoms with Crippen LogP contribution in [0.1, 0.15) is 50.7 Å². The van der Waals surface area contributed by atoms with E-state index in [0.29, 0.717) is 35.9 Å². The monoisotopic (exact) mass is 734 g/mol. The van der Waals surface area contributed by atoms with Gasteiger partial charge in [0.25, 0.3) is 0 Å². The van der Waals surface area contributed by atoms with Gasteiger partial charge in [0.15, 0.2) is 0 Å². The van der Waals surface area contributed by atoms with Crippen LogP contribution in [0.3, 0.4) is 0 Å². The summed E-state index contributed by atoms with van der Waals surface area (Å²) in [5.74, 6) is -2.16. The SMILES string of the molecule is COc1cc(S(=O)(=O)N2CCOCC2)ccc1NC(=O)C1NC(CC(C)(C)C)CC(=O)Nc2cc(Cl)ccc2CC1c1cccc(Cl)c1F. The second-order valence-electron chi connectivity index (χ2n) is 13.5. The zero-order chi connectivity index (χ0) is 35.5. The number of carbonyl (C=O) groups is 2. The Hall–Kier alpha value is -3.26. The fourth-order valence-corrected chi connectivity index (χ4v) is 8.14. The fourth-order valence-electron chi connectivity index (χ4n) is 6.36. The van der Waals surface area contributed by atoms with Gasteiger partial charge in [0.2, 0.25) is 21.8 Å². The molecule has 2 heterocycles. The quantitative estimate of drug-likeness (QED) is 0.263. The van der Waals surface area contributed by atoms with E-state index in [1.165, 1.54) is 35.7 Å². The molecule has 2 amide bonds. The lowest BCUT2D eigenvalue weighted by molar-refractivity contribution is -0.120. The van der Waals surface area contributed by atoms with Gasteiger partial charge in [-0.1, -0.05) is 62.2 Å².